The van der Waals surface area contributed by atoms with Crippen LogP contribution in [0.25, 0.3) is 0 Å². The molecule has 0 bridgehead atoms. The van der Waals surface area contributed by atoms with Crippen LogP contribution in [0.15, 0.2) is 41.3 Å². The van der Waals surface area contributed by atoms with E-state index >= 15 is 0 Å². The summed E-state index contributed by atoms with van der Waals surface area (Å²) in [7, 11) is 0. The lowest BCUT2D eigenvalue weighted by Crippen LogP contribution is -2.16. The van der Waals surface area contributed by atoms with E-state index in [2.05, 4.69) is 0 Å². The van der Waals surface area contributed by atoms with E-state index in [0.717, 1.165) is 23.9 Å². The smallest absolute Gasteiger partial charge is 0.345 e. The van der Waals surface area contributed by atoms with Gasteiger partial charge in [-0.3, -0.25) is 29.8 Å². The second-order valence-corrected chi connectivity index (χ2v) is 8.32. The minimum atomic E-state index is -1.00. The van der Waals surface area contributed by atoms with Gasteiger partial charge in [0.15, 0.2) is 0 Å². The number of primary amides is 1. The summed E-state index contributed by atoms with van der Waals surface area (Å²) < 4.78 is 9.84. The Morgan fingerprint density at radius 2 is 1.39 bits per heavy atom. The zero-order chi connectivity index (χ0) is 26.8. The van der Waals surface area contributed by atoms with Crippen LogP contribution in [0.5, 0.6) is 0 Å². The quantitative estimate of drug-likeness (QED) is 0.176. The van der Waals surface area contributed by atoms with Gasteiger partial charge in [-0.05, 0) is 30.7 Å². The molecule has 0 spiro atoms. The van der Waals surface area contributed by atoms with Crippen molar-refractivity contribution in [2.45, 2.75) is 30.4 Å². The number of amides is 1. The Bertz CT molecular complexity index is 1120. The summed E-state index contributed by atoms with van der Waals surface area (Å²) in [6, 6.07) is 7.64. The van der Waals surface area contributed by atoms with E-state index in [9.17, 15) is 39.4 Å². The van der Waals surface area contributed by atoms with Crippen LogP contribution in [0.4, 0.5) is 11.4 Å². The van der Waals surface area contributed by atoms with E-state index in [-0.39, 0.29) is 48.7 Å². The van der Waals surface area contributed by atoms with Crippen LogP contribution in [0.3, 0.4) is 0 Å². The fourth-order valence-electron chi connectivity index (χ4n) is 2.78. The van der Waals surface area contributed by atoms with Crippen molar-refractivity contribution in [3.05, 3.63) is 73.3 Å². The number of nitro groups is 2. The number of benzene rings is 2. The molecule has 0 radical (unpaired) electrons. The van der Waals surface area contributed by atoms with Gasteiger partial charge in [0.25, 0.3) is 11.4 Å². The van der Waals surface area contributed by atoms with Crippen molar-refractivity contribution in [2.24, 2.45) is 5.73 Å². The highest BCUT2D eigenvalue weighted by molar-refractivity contribution is 7.98. The number of nitrogens with zero attached hydrogens (tertiary/aromatic N) is 2. The molecular weight excluding hydrogens is 498 g/mol. The Hall–Kier alpha value is -4.33. The standard InChI is InChI=1S/C22H21N3O10S/c1-13(26)6-8-34-21(28)16-10-14(2-4-18(16)24(30)31)12-36-15-3-5-19(25(32)33)17(11-15)22(29)35-9-7-20(23)27/h2-5,10-11H,6-9,12H2,1H3,(H2,23,27). The van der Waals surface area contributed by atoms with E-state index in [4.69, 9.17) is 15.2 Å². The molecule has 0 saturated carbocycles. The van der Waals surface area contributed by atoms with Crippen molar-refractivity contribution in [3.8, 4) is 0 Å². The van der Waals surface area contributed by atoms with Crippen molar-refractivity contribution in [2.75, 3.05) is 13.2 Å². The van der Waals surface area contributed by atoms with Gasteiger partial charge in [-0.15, -0.1) is 11.8 Å². The number of hydrogen-bond acceptors (Lipinski definition) is 11. The highest BCUT2D eigenvalue weighted by atomic mass is 32.2. The van der Waals surface area contributed by atoms with Crippen molar-refractivity contribution in [1.29, 1.82) is 0 Å². The molecule has 0 aliphatic carbocycles. The molecule has 0 heterocycles. The predicted octanol–water partition coefficient (Wildman–Crippen LogP) is 2.96. The summed E-state index contributed by atoms with van der Waals surface area (Å²) in [5.41, 5.74) is 3.91. The number of nitrogens with two attached hydrogens (primary N) is 1. The molecule has 2 aromatic carbocycles. The van der Waals surface area contributed by atoms with Gasteiger partial charge in [-0.25, -0.2) is 9.59 Å². The minimum Gasteiger partial charge on any atom is -0.461 e. The Labute approximate surface area is 208 Å². The first-order valence-corrected chi connectivity index (χ1v) is 11.3. The van der Waals surface area contributed by atoms with Crippen molar-refractivity contribution in [1.82, 2.24) is 0 Å². The molecule has 13 nitrogen and oxygen atoms in total. The van der Waals surface area contributed by atoms with Gasteiger partial charge in [0.1, 0.15) is 23.5 Å². The van der Waals surface area contributed by atoms with E-state index < -0.39 is 39.1 Å². The molecule has 2 N–H and O–H groups in total. The number of thioether (sulfide) groups is 1. The zero-order valence-electron chi connectivity index (χ0n) is 19.0. The number of Topliss-reactive ketones (excluding diaryl/α,β-unsaturated/α-hetero) is 1. The van der Waals surface area contributed by atoms with Gasteiger partial charge >= 0.3 is 11.9 Å². The summed E-state index contributed by atoms with van der Waals surface area (Å²) in [5.74, 6) is -2.68. The van der Waals surface area contributed by atoms with Crippen LogP contribution in [-0.2, 0) is 24.8 Å². The largest absolute Gasteiger partial charge is 0.461 e. The molecule has 36 heavy (non-hydrogen) atoms. The molecule has 0 saturated heterocycles. The molecule has 190 valence electrons. The SMILES string of the molecule is CC(=O)CCOC(=O)c1cc(CSc2ccc([N+](=O)[O-])c(C(=O)OCCC(N)=O)c2)ccc1[N+](=O)[O-]. The molecule has 0 fully saturated rings. The van der Waals surface area contributed by atoms with Gasteiger partial charge in [0, 0.05) is 29.2 Å². The fraction of sp³-hybridized carbons (Fsp3) is 0.273. The number of ether oxygens (including phenoxy) is 2. The molecular formula is C22H21N3O10S. The third-order valence-electron chi connectivity index (χ3n) is 4.54. The van der Waals surface area contributed by atoms with Gasteiger partial charge in [0.05, 0.1) is 22.9 Å². The van der Waals surface area contributed by atoms with Gasteiger partial charge in [-0.2, -0.15) is 0 Å². The molecule has 0 unspecified atom stereocenters. The normalized spacial score (nSPS) is 10.4. The maximum atomic E-state index is 12.3. The number of hydrogen-bond donors (Lipinski definition) is 1. The maximum Gasteiger partial charge on any atom is 0.345 e. The van der Waals surface area contributed by atoms with Crippen LogP contribution in [-0.4, -0.2) is 46.7 Å². The van der Waals surface area contributed by atoms with Gasteiger partial charge in [0.2, 0.25) is 5.91 Å². The van der Waals surface area contributed by atoms with E-state index in [1.165, 1.54) is 31.2 Å². The lowest BCUT2D eigenvalue weighted by molar-refractivity contribution is -0.385. The molecule has 1 amide bonds. The Balaban J connectivity index is 2.21. The summed E-state index contributed by atoms with van der Waals surface area (Å²) in [5, 5.41) is 22.6. The second kappa shape index (κ2) is 12.9. The highest BCUT2D eigenvalue weighted by Crippen LogP contribution is 2.30. The molecule has 2 aromatic rings. The second-order valence-electron chi connectivity index (χ2n) is 7.27. The van der Waals surface area contributed by atoms with Crippen molar-refractivity contribution in [3.63, 3.8) is 0 Å². The Morgan fingerprint density at radius 1 is 0.861 bits per heavy atom. The first-order chi connectivity index (χ1) is 17.0. The van der Waals surface area contributed by atoms with Crippen LogP contribution < -0.4 is 5.73 Å². The van der Waals surface area contributed by atoms with E-state index in [1.54, 1.807) is 0 Å². The molecule has 14 heteroatoms. The monoisotopic (exact) mass is 519 g/mol. The topological polar surface area (TPSA) is 199 Å². The Kier molecular flexibility index (Phi) is 10.0. The molecule has 0 aliphatic rings. The Morgan fingerprint density at radius 3 is 1.92 bits per heavy atom. The number of carbonyl (C=O) groups is 4. The lowest BCUT2D eigenvalue weighted by Gasteiger charge is -2.09. The fourth-order valence-corrected chi connectivity index (χ4v) is 3.66. The third kappa shape index (κ3) is 8.16. The van der Waals surface area contributed by atoms with Gasteiger partial charge < -0.3 is 15.2 Å². The van der Waals surface area contributed by atoms with Crippen molar-refractivity contribution >= 4 is 46.8 Å². The number of rotatable bonds is 13. The highest BCUT2D eigenvalue weighted by Gasteiger charge is 2.24. The molecule has 0 aliphatic heterocycles. The van der Waals surface area contributed by atoms with Crippen LogP contribution in [0.1, 0.15) is 46.0 Å². The van der Waals surface area contributed by atoms with Crippen LogP contribution in [0, 0.1) is 20.2 Å². The first kappa shape index (κ1) is 27.9. The summed E-state index contributed by atoms with van der Waals surface area (Å²) in [4.78, 5) is 68.0. The van der Waals surface area contributed by atoms with Gasteiger partial charge in [-0.1, -0.05) is 6.07 Å². The van der Waals surface area contributed by atoms with E-state index in [0.29, 0.717) is 10.5 Å². The molecule has 0 atom stereocenters. The third-order valence-corrected chi connectivity index (χ3v) is 5.60. The average molecular weight is 519 g/mol. The maximum absolute atomic E-state index is 12.3. The number of ketones is 1. The van der Waals surface area contributed by atoms with E-state index in [1.807, 2.05) is 0 Å². The molecule has 2 rings (SSSR count). The number of esters is 2. The van der Waals surface area contributed by atoms with Crippen molar-refractivity contribution < 1.29 is 38.5 Å². The first-order valence-electron chi connectivity index (χ1n) is 10.3. The van der Waals surface area contributed by atoms with Crippen LogP contribution in [0.2, 0.25) is 0 Å². The number of carbonyl (C=O) groups excluding carboxylic acids is 4. The summed E-state index contributed by atoms with van der Waals surface area (Å²) in [6.07, 6.45) is -0.268. The molecule has 0 aromatic heterocycles. The van der Waals surface area contributed by atoms with Crippen LogP contribution >= 0.6 is 11.8 Å². The number of nitro benzene ring substituents is 2. The minimum absolute atomic E-state index is 0.0253. The zero-order valence-corrected chi connectivity index (χ0v) is 19.8. The lowest BCUT2D eigenvalue weighted by atomic mass is 10.1. The average Bonchev–Trinajstić information content (AvgIpc) is 2.81. The predicted molar refractivity (Wildman–Crippen MR) is 125 cm³/mol. The summed E-state index contributed by atoms with van der Waals surface area (Å²) in [6.45, 7) is 0.765. The summed E-state index contributed by atoms with van der Waals surface area (Å²) >= 11 is 1.14.